The summed E-state index contributed by atoms with van der Waals surface area (Å²) >= 11 is 0. The van der Waals surface area contributed by atoms with Crippen LogP contribution in [0.4, 0.5) is 4.79 Å². The number of likely N-dealkylation sites (tertiary alicyclic amines) is 2. The van der Waals surface area contributed by atoms with E-state index in [-0.39, 0.29) is 6.03 Å². The van der Waals surface area contributed by atoms with Gasteiger partial charge in [0.05, 0.1) is 0 Å². The van der Waals surface area contributed by atoms with E-state index >= 15 is 0 Å². The summed E-state index contributed by atoms with van der Waals surface area (Å²) in [7, 11) is 0. The van der Waals surface area contributed by atoms with E-state index in [1.165, 1.54) is 12.8 Å². The molecule has 5 heteroatoms. The Hall–Kier alpha value is -1.26. The molecular formula is C20H35N3O2. The minimum Gasteiger partial charge on any atom is -0.343 e. The molecule has 2 heterocycles. The summed E-state index contributed by atoms with van der Waals surface area (Å²) < 4.78 is 0. The topological polar surface area (TPSA) is 52.7 Å². The molecule has 0 radical (unpaired) electrons. The molecule has 3 aliphatic rings. The molecule has 3 atom stereocenters. The standard InChI is InChI=1S/C20H35N3O2/c1-15-6-5-7-18(16(15)2)21-20(25)23-12-8-17(9-13-23)14-19(24)22-10-3-4-11-22/h15-18H,3-14H2,1-2H3,(H,21,25)/t15-,16+,18+/m1/s1. The highest BCUT2D eigenvalue weighted by atomic mass is 16.2. The number of hydrogen-bond donors (Lipinski definition) is 1. The Morgan fingerprint density at radius 1 is 0.880 bits per heavy atom. The van der Waals surface area contributed by atoms with Crippen molar-refractivity contribution in [1.82, 2.24) is 15.1 Å². The summed E-state index contributed by atoms with van der Waals surface area (Å²) in [4.78, 5) is 28.9. The summed E-state index contributed by atoms with van der Waals surface area (Å²) in [6, 6.07) is 0.431. The summed E-state index contributed by atoms with van der Waals surface area (Å²) in [6.07, 6.45) is 8.52. The van der Waals surface area contributed by atoms with Gasteiger partial charge in [-0.15, -0.1) is 0 Å². The fraction of sp³-hybridized carbons (Fsp3) is 0.900. The van der Waals surface area contributed by atoms with Crippen molar-refractivity contribution in [2.45, 2.75) is 71.3 Å². The van der Waals surface area contributed by atoms with Crippen molar-refractivity contribution in [3.05, 3.63) is 0 Å². The second-order valence-electron chi connectivity index (χ2n) is 8.55. The first kappa shape index (κ1) is 18.5. The monoisotopic (exact) mass is 349 g/mol. The van der Waals surface area contributed by atoms with Gasteiger partial charge in [-0.2, -0.15) is 0 Å². The molecule has 0 aromatic rings. The average Bonchev–Trinajstić information content (AvgIpc) is 3.14. The average molecular weight is 350 g/mol. The molecule has 0 unspecified atom stereocenters. The van der Waals surface area contributed by atoms with Gasteiger partial charge in [-0.25, -0.2) is 4.79 Å². The van der Waals surface area contributed by atoms with Crippen LogP contribution in [0.2, 0.25) is 0 Å². The number of carbonyl (C=O) groups excluding carboxylic acids is 2. The van der Waals surface area contributed by atoms with Crippen LogP contribution in [0, 0.1) is 17.8 Å². The van der Waals surface area contributed by atoms with E-state index in [1.807, 2.05) is 9.80 Å². The zero-order valence-electron chi connectivity index (χ0n) is 16.0. The molecule has 3 amide bonds. The quantitative estimate of drug-likeness (QED) is 0.850. The molecule has 5 nitrogen and oxygen atoms in total. The van der Waals surface area contributed by atoms with E-state index in [2.05, 4.69) is 19.2 Å². The summed E-state index contributed by atoms with van der Waals surface area (Å²) in [6.45, 7) is 8.04. The Labute approximate surface area is 152 Å². The Balaban J connectivity index is 1.40. The molecule has 25 heavy (non-hydrogen) atoms. The number of rotatable bonds is 3. The van der Waals surface area contributed by atoms with E-state index in [0.717, 1.165) is 58.3 Å². The van der Waals surface area contributed by atoms with Crippen LogP contribution in [0.1, 0.15) is 65.2 Å². The molecule has 0 bridgehead atoms. The maximum absolute atomic E-state index is 12.6. The molecule has 2 aliphatic heterocycles. The minimum atomic E-state index is 0.107. The molecule has 3 rings (SSSR count). The Kier molecular flexibility index (Phi) is 6.24. The third-order valence-electron chi connectivity index (χ3n) is 6.84. The van der Waals surface area contributed by atoms with Crippen molar-refractivity contribution in [2.24, 2.45) is 17.8 Å². The van der Waals surface area contributed by atoms with Gasteiger partial charge in [0.25, 0.3) is 0 Å². The number of hydrogen-bond acceptors (Lipinski definition) is 2. The molecule has 0 aromatic carbocycles. The number of nitrogens with zero attached hydrogens (tertiary/aromatic N) is 2. The Morgan fingerprint density at radius 3 is 2.24 bits per heavy atom. The van der Waals surface area contributed by atoms with Crippen LogP contribution in [0.3, 0.4) is 0 Å². The molecule has 142 valence electrons. The second-order valence-corrected chi connectivity index (χ2v) is 8.55. The van der Waals surface area contributed by atoms with E-state index in [9.17, 15) is 9.59 Å². The normalized spacial score (nSPS) is 31.2. The number of amides is 3. The lowest BCUT2D eigenvalue weighted by Gasteiger charge is -2.38. The number of piperidine rings is 1. The molecule has 0 aromatic heterocycles. The largest absolute Gasteiger partial charge is 0.343 e. The van der Waals surface area contributed by atoms with Crippen molar-refractivity contribution in [3.63, 3.8) is 0 Å². The lowest BCUT2D eigenvalue weighted by atomic mass is 9.78. The zero-order chi connectivity index (χ0) is 17.8. The predicted octanol–water partition coefficient (Wildman–Crippen LogP) is 3.25. The van der Waals surface area contributed by atoms with Crippen LogP contribution in [0.15, 0.2) is 0 Å². The maximum Gasteiger partial charge on any atom is 0.317 e. The smallest absolute Gasteiger partial charge is 0.317 e. The maximum atomic E-state index is 12.6. The van der Waals surface area contributed by atoms with Crippen LogP contribution >= 0.6 is 0 Å². The van der Waals surface area contributed by atoms with E-state index in [0.29, 0.717) is 36.1 Å². The highest BCUT2D eigenvalue weighted by Gasteiger charge is 2.31. The van der Waals surface area contributed by atoms with Gasteiger partial charge in [0.1, 0.15) is 0 Å². The Bertz CT molecular complexity index is 468. The molecule has 2 saturated heterocycles. The van der Waals surface area contributed by atoms with Crippen LogP contribution < -0.4 is 5.32 Å². The number of urea groups is 1. The van der Waals surface area contributed by atoms with Crippen molar-refractivity contribution >= 4 is 11.9 Å². The van der Waals surface area contributed by atoms with Crippen LogP contribution in [0.5, 0.6) is 0 Å². The van der Waals surface area contributed by atoms with E-state index in [4.69, 9.17) is 0 Å². The molecular weight excluding hydrogens is 314 g/mol. The van der Waals surface area contributed by atoms with Gasteiger partial charge in [-0.05, 0) is 49.9 Å². The van der Waals surface area contributed by atoms with Gasteiger partial charge in [0, 0.05) is 38.6 Å². The third kappa shape index (κ3) is 4.68. The van der Waals surface area contributed by atoms with Gasteiger partial charge >= 0.3 is 6.03 Å². The zero-order valence-corrected chi connectivity index (χ0v) is 16.0. The first-order chi connectivity index (χ1) is 12.0. The van der Waals surface area contributed by atoms with Gasteiger partial charge in [-0.3, -0.25) is 4.79 Å². The second kappa shape index (κ2) is 8.41. The van der Waals surface area contributed by atoms with E-state index in [1.54, 1.807) is 0 Å². The third-order valence-corrected chi connectivity index (χ3v) is 6.84. The molecule has 1 saturated carbocycles. The van der Waals surface area contributed by atoms with Crippen LogP contribution in [-0.2, 0) is 4.79 Å². The predicted molar refractivity (Wildman–Crippen MR) is 99.2 cm³/mol. The molecule has 0 spiro atoms. The highest BCUT2D eigenvalue weighted by molar-refractivity contribution is 5.77. The molecule has 3 fully saturated rings. The number of nitrogens with one attached hydrogen (secondary N) is 1. The lowest BCUT2D eigenvalue weighted by Crippen LogP contribution is -2.51. The fourth-order valence-electron chi connectivity index (χ4n) is 4.72. The van der Waals surface area contributed by atoms with Crippen molar-refractivity contribution in [2.75, 3.05) is 26.2 Å². The molecule has 1 aliphatic carbocycles. The van der Waals surface area contributed by atoms with Crippen molar-refractivity contribution < 1.29 is 9.59 Å². The highest BCUT2D eigenvalue weighted by Crippen LogP contribution is 2.30. The van der Waals surface area contributed by atoms with Gasteiger partial charge in [-0.1, -0.05) is 26.7 Å². The van der Waals surface area contributed by atoms with E-state index < -0.39 is 0 Å². The fourth-order valence-corrected chi connectivity index (χ4v) is 4.72. The summed E-state index contributed by atoms with van der Waals surface area (Å²) in [5, 5.41) is 3.28. The molecule has 1 N–H and O–H groups in total. The Morgan fingerprint density at radius 2 is 1.56 bits per heavy atom. The first-order valence-corrected chi connectivity index (χ1v) is 10.4. The van der Waals surface area contributed by atoms with Crippen molar-refractivity contribution in [1.29, 1.82) is 0 Å². The first-order valence-electron chi connectivity index (χ1n) is 10.4. The van der Waals surface area contributed by atoms with Crippen LogP contribution in [-0.4, -0.2) is 54.0 Å². The van der Waals surface area contributed by atoms with Gasteiger partial charge in [0.15, 0.2) is 0 Å². The number of carbonyl (C=O) groups is 2. The van der Waals surface area contributed by atoms with Crippen molar-refractivity contribution in [3.8, 4) is 0 Å². The van der Waals surface area contributed by atoms with Crippen LogP contribution in [0.25, 0.3) is 0 Å². The lowest BCUT2D eigenvalue weighted by molar-refractivity contribution is -0.131. The minimum absolute atomic E-state index is 0.107. The SMILES string of the molecule is C[C@H]1[C@H](C)CCC[C@@H]1NC(=O)N1CCC(CC(=O)N2CCCC2)CC1. The van der Waals surface area contributed by atoms with Gasteiger partial charge in [0.2, 0.25) is 5.91 Å². The summed E-state index contributed by atoms with van der Waals surface area (Å²) in [5.74, 6) is 2.03. The summed E-state index contributed by atoms with van der Waals surface area (Å²) in [5.41, 5.74) is 0. The van der Waals surface area contributed by atoms with Gasteiger partial charge < -0.3 is 15.1 Å².